The molecule has 0 atom stereocenters. The number of sulfonamides is 1. The largest absolute Gasteiger partial charge is 0.457 e. The molecule has 4 rings (SSSR count). The molecule has 47 heavy (non-hydrogen) atoms. The predicted molar refractivity (Wildman–Crippen MR) is 176 cm³/mol. The molecule has 4 N–H and O–H groups in total. The van der Waals surface area contributed by atoms with Crippen LogP contribution in [0.25, 0.3) is 0 Å². The second kappa shape index (κ2) is 16.5. The first-order valence-electron chi connectivity index (χ1n) is 15.5. The first kappa shape index (κ1) is 35.6. The number of rotatable bonds is 14. The molecule has 11 nitrogen and oxygen atoms in total. The third kappa shape index (κ3) is 10.6. The summed E-state index contributed by atoms with van der Waals surface area (Å²) in [6.45, 7) is 4.25. The Morgan fingerprint density at radius 3 is 2.23 bits per heavy atom. The predicted octanol–water partition coefficient (Wildman–Crippen LogP) is 5.15. The molecule has 0 spiro atoms. The standard InChI is InChI=1S/C33H41F2N5O6S/c1-3-4-16-40(33(43)37-31-20-28(29(34)21-30(31)35)32(42)36-15-19-41)25-13-17-39(18-14-25)22-23-5-9-26(10-6-23)46-27-11-7-24(8-12-27)38-47(2,44)45/h5-12,20-21,25,38,41H,3-4,13-19,22H2,1-2H3,(H,36,42)(H,37,43). The molecule has 254 valence electrons. The van der Waals surface area contributed by atoms with Gasteiger partial charge in [-0.1, -0.05) is 25.5 Å². The number of aliphatic hydroxyl groups excluding tert-OH is 1. The van der Waals surface area contributed by atoms with Gasteiger partial charge in [-0.05, 0) is 67.3 Å². The molecular weight excluding hydrogens is 632 g/mol. The van der Waals surface area contributed by atoms with E-state index in [0.717, 1.165) is 43.8 Å². The molecule has 1 saturated heterocycles. The zero-order valence-corrected chi connectivity index (χ0v) is 27.3. The van der Waals surface area contributed by atoms with E-state index in [1.165, 1.54) is 0 Å². The maximum absolute atomic E-state index is 14.6. The number of halogens is 2. The zero-order valence-electron chi connectivity index (χ0n) is 26.5. The summed E-state index contributed by atoms with van der Waals surface area (Å²) >= 11 is 0. The number of hydrogen-bond acceptors (Lipinski definition) is 7. The summed E-state index contributed by atoms with van der Waals surface area (Å²) < 4.78 is 60.0. The molecule has 3 aromatic carbocycles. The number of benzene rings is 3. The fourth-order valence-electron chi connectivity index (χ4n) is 5.30. The lowest BCUT2D eigenvalue weighted by Gasteiger charge is -2.38. The van der Waals surface area contributed by atoms with Gasteiger partial charge in [-0.25, -0.2) is 22.0 Å². The molecule has 14 heteroatoms. The number of nitrogens with zero attached hydrogens (tertiary/aromatic N) is 2. The monoisotopic (exact) mass is 673 g/mol. The van der Waals surface area contributed by atoms with Gasteiger partial charge in [0.2, 0.25) is 10.0 Å². The molecule has 1 aliphatic heterocycles. The summed E-state index contributed by atoms with van der Waals surface area (Å²) in [5, 5.41) is 13.8. The van der Waals surface area contributed by atoms with Crippen LogP contribution >= 0.6 is 0 Å². The number of carbonyl (C=O) groups excluding carboxylic acids is 2. The van der Waals surface area contributed by atoms with Crippen molar-refractivity contribution >= 4 is 33.3 Å². The lowest BCUT2D eigenvalue weighted by molar-refractivity contribution is 0.0940. The smallest absolute Gasteiger partial charge is 0.322 e. The van der Waals surface area contributed by atoms with Crippen LogP contribution < -0.4 is 20.1 Å². The van der Waals surface area contributed by atoms with E-state index in [4.69, 9.17) is 9.84 Å². The number of urea groups is 1. The Morgan fingerprint density at radius 2 is 1.64 bits per heavy atom. The lowest BCUT2D eigenvalue weighted by Crippen LogP contribution is -2.49. The third-order valence-corrected chi connectivity index (χ3v) is 8.28. The van der Waals surface area contributed by atoms with Crippen molar-refractivity contribution < 1.29 is 36.6 Å². The minimum Gasteiger partial charge on any atom is -0.457 e. The number of amides is 3. The highest BCUT2D eigenvalue weighted by Crippen LogP contribution is 2.26. The van der Waals surface area contributed by atoms with Crippen molar-refractivity contribution in [3.63, 3.8) is 0 Å². The van der Waals surface area contributed by atoms with Crippen LogP contribution in [0.4, 0.5) is 25.0 Å². The normalized spacial score (nSPS) is 14.0. The molecule has 3 aromatic rings. The van der Waals surface area contributed by atoms with E-state index >= 15 is 0 Å². The molecule has 0 aliphatic carbocycles. The molecule has 0 bridgehead atoms. The average molecular weight is 674 g/mol. The van der Waals surface area contributed by atoms with Crippen molar-refractivity contribution in [2.45, 2.75) is 45.2 Å². The number of anilines is 2. The fourth-order valence-corrected chi connectivity index (χ4v) is 5.86. The highest BCUT2D eigenvalue weighted by Gasteiger charge is 2.29. The van der Waals surface area contributed by atoms with Crippen LogP contribution in [0.3, 0.4) is 0 Å². The van der Waals surface area contributed by atoms with Gasteiger partial charge in [0.15, 0.2) is 0 Å². The van der Waals surface area contributed by atoms with Gasteiger partial charge >= 0.3 is 6.03 Å². The average Bonchev–Trinajstić information content (AvgIpc) is 3.03. The van der Waals surface area contributed by atoms with Crippen molar-refractivity contribution in [3.8, 4) is 11.5 Å². The Hall–Kier alpha value is -4.27. The van der Waals surface area contributed by atoms with Crippen LogP contribution in [-0.2, 0) is 16.6 Å². The van der Waals surface area contributed by atoms with Crippen molar-refractivity contribution in [3.05, 3.63) is 83.4 Å². The van der Waals surface area contributed by atoms with Gasteiger partial charge in [0.1, 0.15) is 23.1 Å². The van der Waals surface area contributed by atoms with E-state index in [9.17, 15) is 26.8 Å². The fraction of sp³-hybridized carbons (Fsp3) is 0.394. The quantitative estimate of drug-likeness (QED) is 0.186. The number of nitrogens with one attached hydrogen (secondary N) is 3. The van der Waals surface area contributed by atoms with E-state index in [2.05, 4.69) is 20.3 Å². The SMILES string of the molecule is CCCCN(C(=O)Nc1cc(C(=O)NCCO)c(F)cc1F)C1CCN(Cc2ccc(Oc3ccc(NS(C)(=O)=O)cc3)cc2)CC1. The Morgan fingerprint density at radius 1 is 1.00 bits per heavy atom. The van der Waals surface area contributed by atoms with E-state index in [-0.39, 0.29) is 24.9 Å². The Labute approximate surface area is 274 Å². The van der Waals surface area contributed by atoms with Crippen LogP contribution in [0, 0.1) is 11.6 Å². The van der Waals surface area contributed by atoms with Crippen molar-refractivity contribution in [1.82, 2.24) is 15.1 Å². The first-order chi connectivity index (χ1) is 22.5. The molecule has 0 saturated carbocycles. The molecule has 0 aromatic heterocycles. The number of unbranched alkanes of at least 4 members (excludes halogenated alkanes) is 1. The highest BCUT2D eigenvalue weighted by atomic mass is 32.2. The minimum atomic E-state index is -3.36. The van der Waals surface area contributed by atoms with Crippen molar-refractivity contribution in [2.75, 3.05) is 49.1 Å². The summed E-state index contributed by atoms with van der Waals surface area (Å²) in [4.78, 5) is 29.6. The van der Waals surface area contributed by atoms with Gasteiger partial charge in [0.05, 0.1) is 24.1 Å². The van der Waals surface area contributed by atoms with E-state index in [1.807, 2.05) is 31.2 Å². The van der Waals surface area contributed by atoms with Gasteiger partial charge in [0, 0.05) is 50.5 Å². The van der Waals surface area contributed by atoms with Crippen LogP contribution in [-0.4, -0.2) is 80.3 Å². The second-order valence-corrected chi connectivity index (χ2v) is 13.2. The van der Waals surface area contributed by atoms with Crippen LogP contribution in [0.5, 0.6) is 11.5 Å². The number of likely N-dealkylation sites (tertiary alicyclic amines) is 1. The van der Waals surface area contributed by atoms with Crippen LogP contribution in [0.2, 0.25) is 0 Å². The Kier molecular flexibility index (Phi) is 12.5. The van der Waals surface area contributed by atoms with E-state index in [1.54, 1.807) is 29.2 Å². The van der Waals surface area contributed by atoms with Gasteiger partial charge in [-0.3, -0.25) is 14.4 Å². The minimum absolute atomic E-state index is 0.0802. The lowest BCUT2D eigenvalue weighted by atomic mass is 10.0. The van der Waals surface area contributed by atoms with Gasteiger partial charge in [-0.2, -0.15) is 0 Å². The van der Waals surface area contributed by atoms with Crippen LogP contribution in [0.1, 0.15) is 48.5 Å². The number of piperidine rings is 1. The van der Waals surface area contributed by atoms with E-state index < -0.39 is 39.2 Å². The summed E-state index contributed by atoms with van der Waals surface area (Å²) in [5.74, 6) is -1.66. The van der Waals surface area contributed by atoms with Crippen molar-refractivity contribution in [2.24, 2.45) is 0 Å². The summed E-state index contributed by atoms with van der Waals surface area (Å²) in [6.07, 6.45) is 4.12. The molecule has 1 heterocycles. The Bertz CT molecular complexity index is 1620. The van der Waals surface area contributed by atoms with Crippen LogP contribution in [0.15, 0.2) is 60.7 Å². The number of carbonyl (C=O) groups is 2. The molecule has 1 fully saturated rings. The maximum atomic E-state index is 14.6. The summed E-state index contributed by atoms with van der Waals surface area (Å²) in [7, 11) is -3.36. The molecule has 0 radical (unpaired) electrons. The van der Waals surface area contributed by atoms with Gasteiger partial charge < -0.3 is 25.4 Å². The van der Waals surface area contributed by atoms with Gasteiger partial charge in [0.25, 0.3) is 5.91 Å². The molecule has 1 aliphatic rings. The second-order valence-electron chi connectivity index (χ2n) is 11.4. The number of hydrogen-bond donors (Lipinski definition) is 4. The Balaban J connectivity index is 1.32. The molecule has 0 unspecified atom stereocenters. The number of aliphatic hydroxyl groups is 1. The molecule has 3 amide bonds. The summed E-state index contributed by atoms with van der Waals surface area (Å²) in [5.41, 5.74) is 0.819. The third-order valence-electron chi connectivity index (χ3n) is 7.67. The topological polar surface area (TPSA) is 140 Å². The van der Waals surface area contributed by atoms with Crippen molar-refractivity contribution in [1.29, 1.82) is 0 Å². The first-order valence-corrected chi connectivity index (χ1v) is 17.4. The maximum Gasteiger partial charge on any atom is 0.322 e. The summed E-state index contributed by atoms with van der Waals surface area (Å²) in [6, 6.07) is 15.3. The highest BCUT2D eigenvalue weighted by molar-refractivity contribution is 7.92. The van der Waals surface area contributed by atoms with Gasteiger partial charge in [-0.15, -0.1) is 0 Å². The van der Waals surface area contributed by atoms with E-state index in [0.29, 0.717) is 49.2 Å². The molecular formula is C33H41F2N5O6S. The number of ether oxygens (including phenoxy) is 1. The zero-order chi connectivity index (χ0) is 34.0.